The molecule has 3 aromatic rings. The van der Waals surface area contributed by atoms with E-state index in [-0.39, 0.29) is 0 Å². The molecule has 4 heterocycles. The number of aryl methyl sites for hydroxylation is 2. The smallest absolute Gasteiger partial charge is 0.253 e. The zero-order valence-corrected chi connectivity index (χ0v) is 15.1. The first-order valence-electron chi connectivity index (χ1n) is 7.92. The number of fused-ring (bicyclic) bond motifs is 2. The normalized spacial score (nSPS) is 15.0. The molecule has 8 heteroatoms. The van der Waals surface area contributed by atoms with Crippen LogP contribution in [0.1, 0.15) is 28.2 Å². The Labute approximate surface area is 144 Å². The molecule has 1 aliphatic rings. The molecule has 0 saturated carbocycles. The molecule has 0 N–H and O–H groups in total. The van der Waals surface area contributed by atoms with E-state index in [9.17, 15) is 0 Å². The number of hydrogen-bond acceptors (Lipinski definition) is 7. The highest BCUT2D eigenvalue weighted by Crippen LogP contribution is 2.30. The van der Waals surface area contributed by atoms with E-state index in [2.05, 4.69) is 43.9 Å². The minimum Gasteiger partial charge on any atom is -0.302 e. The molecule has 0 radical (unpaired) electrons. The SMILES string of the molecule is Cc1nc2nc(Sc3ncnc4c3CN(C)CC4)nn2c(C)c1C. The van der Waals surface area contributed by atoms with E-state index in [1.54, 1.807) is 6.33 Å². The first-order valence-corrected chi connectivity index (χ1v) is 8.74. The summed E-state index contributed by atoms with van der Waals surface area (Å²) in [7, 11) is 2.12. The van der Waals surface area contributed by atoms with Gasteiger partial charge < -0.3 is 4.90 Å². The summed E-state index contributed by atoms with van der Waals surface area (Å²) < 4.78 is 1.81. The maximum absolute atomic E-state index is 4.61. The van der Waals surface area contributed by atoms with Crippen molar-refractivity contribution in [3.05, 3.63) is 34.5 Å². The van der Waals surface area contributed by atoms with E-state index in [4.69, 9.17) is 0 Å². The second-order valence-corrected chi connectivity index (χ2v) is 7.16. The molecule has 0 aromatic carbocycles. The lowest BCUT2D eigenvalue weighted by Crippen LogP contribution is -2.28. The fraction of sp³-hybridized carbons (Fsp3) is 0.438. The summed E-state index contributed by atoms with van der Waals surface area (Å²) in [6.07, 6.45) is 2.60. The molecule has 0 fully saturated rings. The Morgan fingerprint density at radius 2 is 1.96 bits per heavy atom. The molecule has 0 atom stereocenters. The number of likely N-dealkylation sites (N-methyl/N-ethyl adjacent to an activating group) is 1. The Morgan fingerprint density at radius 1 is 1.12 bits per heavy atom. The topological polar surface area (TPSA) is 72.1 Å². The molecule has 0 saturated heterocycles. The summed E-state index contributed by atoms with van der Waals surface area (Å²) in [6, 6.07) is 0. The van der Waals surface area contributed by atoms with Crippen LogP contribution < -0.4 is 0 Å². The average Bonchev–Trinajstić information content (AvgIpc) is 2.96. The van der Waals surface area contributed by atoms with Gasteiger partial charge in [-0.05, 0) is 45.1 Å². The summed E-state index contributed by atoms with van der Waals surface area (Å²) in [5.41, 5.74) is 5.53. The van der Waals surface area contributed by atoms with Crippen molar-refractivity contribution in [2.75, 3.05) is 13.6 Å². The third-order valence-corrected chi connectivity index (χ3v) is 5.48. The molecular formula is C16H19N7S. The van der Waals surface area contributed by atoms with Crippen LogP contribution in [0.2, 0.25) is 0 Å². The van der Waals surface area contributed by atoms with Crippen molar-refractivity contribution in [2.24, 2.45) is 0 Å². The van der Waals surface area contributed by atoms with Gasteiger partial charge in [-0.15, -0.1) is 5.10 Å². The van der Waals surface area contributed by atoms with Crippen LogP contribution in [-0.4, -0.2) is 48.0 Å². The Hall–Kier alpha value is -2.06. The van der Waals surface area contributed by atoms with E-state index in [0.29, 0.717) is 10.9 Å². The van der Waals surface area contributed by atoms with Gasteiger partial charge in [-0.25, -0.2) is 19.5 Å². The predicted molar refractivity (Wildman–Crippen MR) is 91.2 cm³/mol. The maximum Gasteiger partial charge on any atom is 0.253 e. The molecule has 124 valence electrons. The summed E-state index contributed by atoms with van der Waals surface area (Å²) in [5.74, 6) is 0.637. The fourth-order valence-corrected chi connectivity index (χ4v) is 3.73. The van der Waals surface area contributed by atoms with E-state index >= 15 is 0 Å². The zero-order chi connectivity index (χ0) is 16.8. The van der Waals surface area contributed by atoms with Crippen molar-refractivity contribution in [3.8, 4) is 0 Å². The van der Waals surface area contributed by atoms with E-state index in [1.165, 1.54) is 17.3 Å². The van der Waals surface area contributed by atoms with Crippen molar-refractivity contribution in [1.82, 2.24) is 34.4 Å². The summed E-state index contributed by atoms with van der Waals surface area (Å²) >= 11 is 1.49. The predicted octanol–water partition coefficient (Wildman–Crippen LogP) is 1.98. The molecule has 3 aromatic heterocycles. The Balaban J connectivity index is 1.74. The van der Waals surface area contributed by atoms with Gasteiger partial charge in [-0.3, -0.25) is 0 Å². The van der Waals surface area contributed by atoms with Gasteiger partial charge >= 0.3 is 0 Å². The standard InChI is InChI=1S/C16H19N7S/c1-9-10(2)19-15-20-16(21-23(15)11(9)3)24-14-12-7-22(4)6-5-13(12)17-8-18-14/h8H,5-7H2,1-4H3. The highest BCUT2D eigenvalue weighted by molar-refractivity contribution is 7.99. The second-order valence-electron chi connectivity index (χ2n) is 6.21. The molecule has 4 rings (SSSR count). The lowest BCUT2D eigenvalue weighted by Gasteiger charge is -2.24. The highest BCUT2D eigenvalue weighted by Gasteiger charge is 2.21. The fourth-order valence-electron chi connectivity index (χ4n) is 2.91. The van der Waals surface area contributed by atoms with E-state index in [1.807, 2.05) is 18.4 Å². The van der Waals surface area contributed by atoms with Crippen molar-refractivity contribution in [2.45, 2.75) is 43.9 Å². The largest absolute Gasteiger partial charge is 0.302 e. The molecule has 24 heavy (non-hydrogen) atoms. The van der Waals surface area contributed by atoms with Gasteiger partial charge in [0.15, 0.2) is 0 Å². The van der Waals surface area contributed by atoms with Crippen LogP contribution in [0.25, 0.3) is 5.78 Å². The summed E-state index contributed by atoms with van der Waals surface area (Å²) in [6.45, 7) is 7.99. The van der Waals surface area contributed by atoms with Gasteiger partial charge in [-0.2, -0.15) is 4.98 Å². The van der Waals surface area contributed by atoms with Crippen LogP contribution in [0.15, 0.2) is 16.5 Å². The van der Waals surface area contributed by atoms with Crippen LogP contribution in [0.4, 0.5) is 0 Å². The van der Waals surface area contributed by atoms with Gasteiger partial charge in [0, 0.05) is 36.5 Å². The van der Waals surface area contributed by atoms with Crippen LogP contribution in [0, 0.1) is 20.8 Å². The zero-order valence-electron chi connectivity index (χ0n) is 14.2. The second kappa shape index (κ2) is 5.78. The number of aromatic nitrogens is 6. The van der Waals surface area contributed by atoms with Crippen LogP contribution in [-0.2, 0) is 13.0 Å². The van der Waals surface area contributed by atoms with Crippen molar-refractivity contribution in [1.29, 1.82) is 0 Å². The molecule has 0 bridgehead atoms. The average molecular weight is 341 g/mol. The first-order chi connectivity index (χ1) is 11.5. The number of rotatable bonds is 2. The van der Waals surface area contributed by atoms with Gasteiger partial charge in [0.05, 0.1) is 5.69 Å². The van der Waals surface area contributed by atoms with Crippen molar-refractivity contribution in [3.63, 3.8) is 0 Å². The Kier molecular flexibility index (Phi) is 3.73. The van der Waals surface area contributed by atoms with Gasteiger partial charge in [0.1, 0.15) is 11.4 Å². The van der Waals surface area contributed by atoms with E-state index in [0.717, 1.165) is 47.2 Å². The van der Waals surface area contributed by atoms with Crippen LogP contribution >= 0.6 is 11.8 Å². The minimum atomic E-state index is 0.637. The third-order valence-electron chi connectivity index (χ3n) is 4.58. The molecule has 7 nitrogen and oxygen atoms in total. The molecule has 0 unspecified atom stereocenters. The lowest BCUT2D eigenvalue weighted by molar-refractivity contribution is 0.305. The molecule has 0 aliphatic carbocycles. The van der Waals surface area contributed by atoms with Gasteiger partial charge in [-0.1, -0.05) is 0 Å². The van der Waals surface area contributed by atoms with E-state index < -0.39 is 0 Å². The third kappa shape index (κ3) is 2.55. The number of nitrogens with zero attached hydrogens (tertiary/aromatic N) is 7. The highest BCUT2D eigenvalue weighted by atomic mass is 32.2. The quantitative estimate of drug-likeness (QED) is 0.660. The van der Waals surface area contributed by atoms with Crippen LogP contribution in [0.3, 0.4) is 0 Å². The minimum absolute atomic E-state index is 0.637. The molecule has 0 amide bonds. The molecule has 1 aliphatic heterocycles. The summed E-state index contributed by atoms with van der Waals surface area (Å²) in [4.78, 5) is 20.3. The molecule has 0 spiro atoms. The van der Waals surface area contributed by atoms with Gasteiger partial charge in [0.2, 0.25) is 5.16 Å². The Bertz CT molecular complexity index is 934. The van der Waals surface area contributed by atoms with Crippen LogP contribution in [0.5, 0.6) is 0 Å². The molecular weight excluding hydrogens is 322 g/mol. The first kappa shape index (κ1) is 15.5. The lowest BCUT2D eigenvalue weighted by atomic mass is 10.1. The maximum atomic E-state index is 4.61. The summed E-state index contributed by atoms with van der Waals surface area (Å²) in [5, 5.41) is 6.22. The van der Waals surface area contributed by atoms with Crippen molar-refractivity contribution < 1.29 is 0 Å². The number of hydrogen-bond donors (Lipinski definition) is 0. The van der Waals surface area contributed by atoms with Gasteiger partial charge in [0.25, 0.3) is 5.78 Å². The van der Waals surface area contributed by atoms with Crippen molar-refractivity contribution >= 4 is 17.5 Å². The Morgan fingerprint density at radius 3 is 2.79 bits per heavy atom. The monoisotopic (exact) mass is 341 g/mol.